The Hall–Kier alpha value is -3.84. The molecule has 1 heterocycles. The fourth-order valence-electron chi connectivity index (χ4n) is 4.07. The first-order valence-electron chi connectivity index (χ1n) is 12.3. The highest BCUT2D eigenvalue weighted by Gasteiger charge is 2.42. The summed E-state index contributed by atoms with van der Waals surface area (Å²) in [5.41, 5.74) is -0.482. The molecule has 0 bridgehead atoms. The number of hydrogen-bond donors (Lipinski definition) is 3. The lowest BCUT2D eigenvalue weighted by molar-refractivity contribution is -0.144. The van der Waals surface area contributed by atoms with Gasteiger partial charge in [-0.25, -0.2) is 4.79 Å². The summed E-state index contributed by atoms with van der Waals surface area (Å²) in [4.78, 5) is 37.5. The lowest BCUT2D eigenvalue weighted by atomic mass is 10.0. The number of aliphatic carboxylic acids is 1. The van der Waals surface area contributed by atoms with Crippen molar-refractivity contribution in [1.29, 1.82) is 0 Å². The van der Waals surface area contributed by atoms with E-state index >= 15 is 0 Å². The first kappa shape index (κ1) is 31.1. The van der Waals surface area contributed by atoms with Crippen LogP contribution in [0.1, 0.15) is 16.7 Å². The number of benzene rings is 3. The van der Waals surface area contributed by atoms with Crippen molar-refractivity contribution in [3.05, 3.63) is 93.5 Å². The summed E-state index contributed by atoms with van der Waals surface area (Å²) in [6.45, 7) is -0.401. The van der Waals surface area contributed by atoms with Crippen LogP contribution in [0.5, 0.6) is 5.75 Å². The standard InChI is InChI=1S/C28H23Cl2F3N2O7/c29-19-5-3-6-20(30)17(19)13-40-16-10-8-15(9-11-16)12-22(27(38)39)35-26(37)24-23(41-14-42-24)25(36)34-21-7-2-1-4-18(21)28(31,32)33/h1-11,22-24H,12-14H2,(H,34,36)(H,35,37)(H,38,39)/t22-,23+,24+/m0/s1. The van der Waals surface area contributed by atoms with Crippen LogP contribution in [-0.4, -0.2) is 47.9 Å². The van der Waals surface area contributed by atoms with Crippen molar-refractivity contribution >= 4 is 46.7 Å². The van der Waals surface area contributed by atoms with E-state index in [2.05, 4.69) is 10.6 Å². The zero-order valence-corrected chi connectivity index (χ0v) is 23.0. The summed E-state index contributed by atoms with van der Waals surface area (Å²) in [7, 11) is 0. The van der Waals surface area contributed by atoms with Crippen LogP contribution in [0.3, 0.4) is 0 Å². The number of amides is 2. The first-order chi connectivity index (χ1) is 19.9. The van der Waals surface area contributed by atoms with Crippen molar-refractivity contribution in [2.45, 2.75) is 37.5 Å². The molecular formula is C28H23Cl2F3N2O7. The van der Waals surface area contributed by atoms with Gasteiger partial charge in [0, 0.05) is 22.0 Å². The normalized spacial score (nSPS) is 17.4. The van der Waals surface area contributed by atoms with Crippen molar-refractivity contribution in [3.63, 3.8) is 0 Å². The van der Waals surface area contributed by atoms with Crippen LogP contribution in [0.4, 0.5) is 18.9 Å². The molecule has 0 spiro atoms. The summed E-state index contributed by atoms with van der Waals surface area (Å²) >= 11 is 12.3. The third-order valence-electron chi connectivity index (χ3n) is 6.20. The molecule has 222 valence electrons. The first-order valence-corrected chi connectivity index (χ1v) is 13.1. The number of para-hydroxylation sites is 1. The summed E-state index contributed by atoms with van der Waals surface area (Å²) in [6, 6.07) is 14.4. The van der Waals surface area contributed by atoms with Crippen molar-refractivity contribution in [1.82, 2.24) is 5.32 Å². The molecule has 4 rings (SSSR count). The predicted molar refractivity (Wildman–Crippen MR) is 145 cm³/mol. The highest BCUT2D eigenvalue weighted by atomic mass is 35.5. The molecule has 0 radical (unpaired) electrons. The fraction of sp³-hybridized carbons (Fsp3) is 0.250. The van der Waals surface area contributed by atoms with Crippen LogP contribution in [0.25, 0.3) is 0 Å². The molecule has 1 aliphatic rings. The van der Waals surface area contributed by atoms with E-state index < -0.39 is 60.3 Å². The van der Waals surface area contributed by atoms with Gasteiger partial charge in [0.25, 0.3) is 11.8 Å². The van der Waals surface area contributed by atoms with Gasteiger partial charge in [-0.15, -0.1) is 0 Å². The Kier molecular flexibility index (Phi) is 9.94. The van der Waals surface area contributed by atoms with Gasteiger partial charge < -0.3 is 30.0 Å². The Balaban J connectivity index is 1.37. The van der Waals surface area contributed by atoms with Crippen LogP contribution in [0.2, 0.25) is 10.0 Å². The summed E-state index contributed by atoms with van der Waals surface area (Å²) in [5, 5.41) is 15.0. The van der Waals surface area contributed by atoms with E-state index in [1.54, 1.807) is 42.5 Å². The van der Waals surface area contributed by atoms with E-state index in [1.807, 2.05) is 0 Å². The molecule has 3 aromatic carbocycles. The van der Waals surface area contributed by atoms with E-state index in [-0.39, 0.29) is 13.0 Å². The molecule has 0 aliphatic carbocycles. The average molecular weight is 627 g/mol. The molecular weight excluding hydrogens is 604 g/mol. The number of carboxylic acids is 1. The molecule has 1 aliphatic heterocycles. The minimum atomic E-state index is -4.74. The minimum absolute atomic E-state index is 0.103. The van der Waals surface area contributed by atoms with Crippen molar-refractivity contribution in [3.8, 4) is 5.75 Å². The topological polar surface area (TPSA) is 123 Å². The monoisotopic (exact) mass is 626 g/mol. The molecule has 1 fully saturated rings. The molecule has 0 aromatic heterocycles. The maximum Gasteiger partial charge on any atom is 0.418 e. The fourth-order valence-corrected chi connectivity index (χ4v) is 4.57. The predicted octanol–water partition coefficient (Wildman–Crippen LogP) is 5.08. The van der Waals surface area contributed by atoms with E-state index in [0.29, 0.717) is 26.9 Å². The summed E-state index contributed by atoms with van der Waals surface area (Å²) < 4.78 is 55.9. The van der Waals surface area contributed by atoms with Crippen LogP contribution in [0, 0.1) is 0 Å². The highest BCUT2D eigenvalue weighted by molar-refractivity contribution is 6.35. The van der Waals surface area contributed by atoms with Crippen LogP contribution < -0.4 is 15.4 Å². The van der Waals surface area contributed by atoms with Crippen LogP contribution in [0.15, 0.2) is 66.7 Å². The van der Waals surface area contributed by atoms with Crippen LogP contribution in [-0.2, 0) is 43.1 Å². The van der Waals surface area contributed by atoms with Gasteiger partial charge in [-0.2, -0.15) is 13.2 Å². The molecule has 9 nitrogen and oxygen atoms in total. The van der Waals surface area contributed by atoms with Gasteiger partial charge in [-0.3, -0.25) is 9.59 Å². The van der Waals surface area contributed by atoms with Gasteiger partial charge in [-0.1, -0.05) is 53.5 Å². The molecule has 3 N–H and O–H groups in total. The average Bonchev–Trinajstić information content (AvgIpc) is 3.43. The van der Waals surface area contributed by atoms with Gasteiger partial charge in [0.05, 0.1) is 11.3 Å². The third-order valence-corrected chi connectivity index (χ3v) is 6.91. The van der Waals surface area contributed by atoms with Gasteiger partial charge in [-0.05, 0) is 42.0 Å². The van der Waals surface area contributed by atoms with E-state index in [1.165, 1.54) is 6.07 Å². The molecule has 1 saturated heterocycles. The number of alkyl halides is 3. The number of hydrogen-bond acceptors (Lipinski definition) is 6. The number of ether oxygens (including phenoxy) is 3. The maximum atomic E-state index is 13.3. The quantitative estimate of drug-likeness (QED) is 0.287. The number of carboxylic acid groups (broad SMARTS) is 1. The van der Waals surface area contributed by atoms with Gasteiger partial charge >= 0.3 is 12.1 Å². The maximum absolute atomic E-state index is 13.3. The Morgan fingerprint density at radius 3 is 2.17 bits per heavy atom. The number of halogens is 5. The zero-order valence-electron chi connectivity index (χ0n) is 21.5. The third kappa shape index (κ3) is 7.71. The van der Waals surface area contributed by atoms with Gasteiger partial charge in [0.2, 0.25) is 0 Å². The van der Waals surface area contributed by atoms with E-state index in [9.17, 15) is 32.7 Å². The Morgan fingerprint density at radius 2 is 1.55 bits per heavy atom. The number of carbonyl (C=O) groups is 3. The minimum Gasteiger partial charge on any atom is -0.489 e. The second-order valence-electron chi connectivity index (χ2n) is 9.06. The molecule has 3 atom stereocenters. The Bertz CT molecular complexity index is 1430. The second-order valence-corrected chi connectivity index (χ2v) is 9.88. The highest BCUT2D eigenvalue weighted by Crippen LogP contribution is 2.35. The number of anilines is 1. The summed E-state index contributed by atoms with van der Waals surface area (Å²) in [6.07, 6.45) is -8.10. The second kappa shape index (κ2) is 13.4. The van der Waals surface area contributed by atoms with Crippen molar-refractivity contribution in [2.75, 3.05) is 12.1 Å². The largest absolute Gasteiger partial charge is 0.489 e. The molecule has 3 aromatic rings. The number of rotatable bonds is 10. The van der Waals surface area contributed by atoms with E-state index in [0.717, 1.165) is 18.2 Å². The Morgan fingerprint density at radius 1 is 0.929 bits per heavy atom. The molecule has 42 heavy (non-hydrogen) atoms. The Labute approximate surface area is 247 Å². The molecule has 0 saturated carbocycles. The van der Waals surface area contributed by atoms with E-state index in [4.69, 9.17) is 37.4 Å². The van der Waals surface area contributed by atoms with Crippen LogP contribution >= 0.6 is 23.2 Å². The van der Waals surface area contributed by atoms with Gasteiger partial charge in [0.15, 0.2) is 12.2 Å². The molecule has 2 amide bonds. The zero-order chi connectivity index (χ0) is 30.4. The lowest BCUT2D eigenvalue weighted by Gasteiger charge is -2.21. The molecule has 14 heteroatoms. The SMILES string of the molecule is O=C(O)[C@H](Cc1ccc(OCc2c(Cl)cccc2Cl)cc1)NC(=O)[C@@H]1OCO[C@H]1C(=O)Nc1ccccc1C(F)(F)F. The number of nitrogens with one attached hydrogen (secondary N) is 2. The molecule has 0 unspecified atom stereocenters. The summed E-state index contributed by atoms with van der Waals surface area (Å²) in [5.74, 6) is -2.95. The van der Waals surface area contributed by atoms with Crippen molar-refractivity contribution in [2.24, 2.45) is 0 Å². The number of carbonyl (C=O) groups excluding carboxylic acids is 2. The van der Waals surface area contributed by atoms with Gasteiger partial charge in [0.1, 0.15) is 25.2 Å². The smallest absolute Gasteiger partial charge is 0.418 e. The van der Waals surface area contributed by atoms with Crippen molar-refractivity contribution < 1.29 is 46.9 Å². The lowest BCUT2D eigenvalue weighted by Crippen LogP contribution is -2.51.